The van der Waals surface area contributed by atoms with Crippen LogP contribution < -0.4 is 10.3 Å². The van der Waals surface area contributed by atoms with Gasteiger partial charge in [0.25, 0.3) is 5.56 Å². The fraction of sp³-hybridized carbons (Fsp3) is 0.280. The standard InChI is InChI=1S/C25H23BrN2O2S2/c1-2-30-19-13-11-18(12-14-19)28-24(29)22-20-5-3-4-6-21(20)32-23(22)27-25(28)31-15-16-7-9-17(26)10-8-16/h7-14H,2-6,15H2,1H3. The Balaban J connectivity index is 1.62. The van der Waals surface area contributed by atoms with Gasteiger partial charge in [-0.05, 0) is 80.1 Å². The first-order valence-corrected chi connectivity index (χ1v) is 13.4. The van der Waals surface area contributed by atoms with Crippen LogP contribution in [0.1, 0.15) is 35.8 Å². The lowest BCUT2D eigenvalue weighted by Crippen LogP contribution is -2.22. The van der Waals surface area contributed by atoms with Gasteiger partial charge in [-0.25, -0.2) is 4.98 Å². The zero-order valence-electron chi connectivity index (χ0n) is 17.8. The number of rotatable bonds is 6. The van der Waals surface area contributed by atoms with Crippen LogP contribution in [0.15, 0.2) is 63.0 Å². The number of halogens is 1. The summed E-state index contributed by atoms with van der Waals surface area (Å²) in [6.45, 7) is 2.58. The summed E-state index contributed by atoms with van der Waals surface area (Å²) in [5, 5.41) is 1.54. The molecule has 2 aromatic carbocycles. The van der Waals surface area contributed by atoms with E-state index >= 15 is 0 Å². The van der Waals surface area contributed by atoms with Gasteiger partial charge in [0.05, 0.1) is 17.7 Å². The van der Waals surface area contributed by atoms with Crippen molar-refractivity contribution in [1.29, 1.82) is 0 Å². The van der Waals surface area contributed by atoms with Gasteiger partial charge in [-0.1, -0.05) is 39.8 Å². The Kier molecular flexibility index (Phi) is 6.40. The van der Waals surface area contributed by atoms with Crippen molar-refractivity contribution in [3.63, 3.8) is 0 Å². The minimum atomic E-state index is 0.0388. The number of hydrogen-bond donors (Lipinski definition) is 0. The van der Waals surface area contributed by atoms with E-state index in [1.807, 2.05) is 43.3 Å². The van der Waals surface area contributed by atoms with Crippen LogP contribution in [-0.4, -0.2) is 16.2 Å². The number of thioether (sulfide) groups is 1. The molecule has 0 bridgehead atoms. The van der Waals surface area contributed by atoms with Gasteiger partial charge in [-0.15, -0.1) is 11.3 Å². The second kappa shape index (κ2) is 9.41. The van der Waals surface area contributed by atoms with E-state index in [4.69, 9.17) is 9.72 Å². The lowest BCUT2D eigenvalue weighted by Gasteiger charge is -2.14. The van der Waals surface area contributed by atoms with Gasteiger partial charge in [0.2, 0.25) is 0 Å². The Hall–Kier alpha value is -2.09. The van der Waals surface area contributed by atoms with E-state index in [1.54, 1.807) is 27.7 Å². The number of fused-ring (bicyclic) bond motifs is 3. The second-order valence-corrected chi connectivity index (χ2v) is 10.7. The summed E-state index contributed by atoms with van der Waals surface area (Å²) in [6, 6.07) is 16.0. The highest BCUT2D eigenvalue weighted by atomic mass is 79.9. The summed E-state index contributed by atoms with van der Waals surface area (Å²) >= 11 is 6.79. The van der Waals surface area contributed by atoms with Crippen molar-refractivity contribution in [2.45, 2.75) is 43.5 Å². The van der Waals surface area contributed by atoms with Gasteiger partial charge in [0.15, 0.2) is 5.16 Å². The topological polar surface area (TPSA) is 44.1 Å². The number of hydrogen-bond acceptors (Lipinski definition) is 5. The molecule has 164 valence electrons. The highest BCUT2D eigenvalue weighted by Crippen LogP contribution is 2.35. The Morgan fingerprint density at radius 3 is 2.59 bits per heavy atom. The fourth-order valence-electron chi connectivity index (χ4n) is 4.10. The molecule has 4 aromatic rings. The maximum absolute atomic E-state index is 13.8. The van der Waals surface area contributed by atoms with Crippen LogP contribution in [0.5, 0.6) is 5.75 Å². The Bertz CT molecular complexity index is 1310. The molecule has 0 unspecified atom stereocenters. The molecule has 7 heteroatoms. The molecule has 4 nitrogen and oxygen atoms in total. The fourth-order valence-corrected chi connectivity index (χ4v) is 6.63. The second-order valence-electron chi connectivity index (χ2n) is 7.77. The first-order valence-electron chi connectivity index (χ1n) is 10.8. The van der Waals surface area contributed by atoms with Crippen LogP contribution in [0.25, 0.3) is 15.9 Å². The third-order valence-electron chi connectivity index (χ3n) is 5.65. The molecule has 1 aliphatic carbocycles. The molecular weight excluding hydrogens is 504 g/mol. The summed E-state index contributed by atoms with van der Waals surface area (Å²) < 4.78 is 8.43. The van der Waals surface area contributed by atoms with Crippen LogP contribution >= 0.6 is 39.0 Å². The molecule has 0 aliphatic heterocycles. The van der Waals surface area contributed by atoms with Gasteiger partial charge < -0.3 is 4.74 Å². The molecule has 2 aromatic heterocycles. The summed E-state index contributed by atoms with van der Waals surface area (Å²) in [5.41, 5.74) is 3.27. The van der Waals surface area contributed by atoms with E-state index in [1.165, 1.54) is 22.4 Å². The molecule has 1 aliphatic rings. The van der Waals surface area contributed by atoms with Crippen LogP contribution in [0, 0.1) is 0 Å². The number of aryl methyl sites for hydroxylation is 2. The van der Waals surface area contributed by atoms with E-state index in [0.717, 1.165) is 56.3 Å². The largest absolute Gasteiger partial charge is 0.494 e. The summed E-state index contributed by atoms with van der Waals surface area (Å²) in [5.74, 6) is 1.54. The van der Waals surface area contributed by atoms with Crippen molar-refractivity contribution < 1.29 is 4.74 Å². The highest BCUT2D eigenvalue weighted by Gasteiger charge is 2.23. The smallest absolute Gasteiger partial charge is 0.267 e. The summed E-state index contributed by atoms with van der Waals surface area (Å²) in [7, 11) is 0. The van der Waals surface area contributed by atoms with Gasteiger partial charge >= 0.3 is 0 Å². The van der Waals surface area contributed by atoms with Gasteiger partial charge in [-0.3, -0.25) is 9.36 Å². The minimum Gasteiger partial charge on any atom is -0.494 e. The molecule has 0 spiro atoms. The quantitative estimate of drug-likeness (QED) is 0.205. The molecular formula is C25H23BrN2O2S2. The molecule has 5 rings (SSSR count). The molecule has 0 amide bonds. The Labute approximate surface area is 203 Å². The predicted molar refractivity (Wildman–Crippen MR) is 137 cm³/mol. The van der Waals surface area contributed by atoms with Crippen molar-refractivity contribution >= 4 is 49.2 Å². The van der Waals surface area contributed by atoms with Crippen LogP contribution in [-0.2, 0) is 18.6 Å². The zero-order valence-corrected chi connectivity index (χ0v) is 21.0. The van der Waals surface area contributed by atoms with Crippen LogP contribution in [0.3, 0.4) is 0 Å². The van der Waals surface area contributed by atoms with E-state index < -0.39 is 0 Å². The molecule has 0 fully saturated rings. The maximum Gasteiger partial charge on any atom is 0.267 e. The van der Waals surface area contributed by atoms with Crippen molar-refractivity contribution in [3.8, 4) is 11.4 Å². The summed E-state index contributed by atoms with van der Waals surface area (Å²) in [4.78, 5) is 21.1. The zero-order chi connectivity index (χ0) is 22.1. The predicted octanol–water partition coefficient (Wildman–Crippen LogP) is 6.78. The molecule has 0 radical (unpaired) electrons. The normalized spacial score (nSPS) is 13.3. The molecule has 0 atom stereocenters. The molecule has 2 heterocycles. The van der Waals surface area contributed by atoms with Crippen molar-refractivity contribution in [2.75, 3.05) is 6.61 Å². The Morgan fingerprint density at radius 1 is 1.09 bits per heavy atom. The van der Waals surface area contributed by atoms with E-state index in [0.29, 0.717) is 6.61 Å². The van der Waals surface area contributed by atoms with Crippen LogP contribution in [0.2, 0.25) is 0 Å². The van der Waals surface area contributed by atoms with Gasteiger partial charge in [0, 0.05) is 15.1 Å². The lowest BCUT2D eigenvalue weighted by atomic mass is 9.97. The molecule has 0 saturated heterocycles. The first-order chi connectivity index (χ1) is 15.6. The minimum absolute atomic E-state index is 0.0388. The van der Waals surface area contributed by atoms with E-state index in [2.05, 4.69) is 28.1 Å². The third kappa shape index (κ3) is 4.26. The van der Waals surface area contributed by atoms with Crippen molar-refractivity contribution in [2.24, 2.45) is 0 Å². The first kappa shape index (κ1) is 21.7. The Morgan fingerprint density at radius 2 is 1.84 bits per heavy atom. The number of nitrogens with zero attached hydrogens (tertiary/aromatic N) is 2. The monoisotopic (exact) mass is 526 g/mol. The maximum atomic E-state index is 13.8. The lowest BCUT2D eigenvalue weighted by molar-refractivity contribution is 0.340. The molecule has 0 N–H and O–H groups in total. The summed E-state index contributed by atoms with van der Waals surface area (Å²) in [6.07, 6.45) is 4.36. The molecule has 32 heavy (non-hydrogen) atoms. The van der Waals surface area contributed by atoms with Gasteiger partial charge in [-0.2, -0.15) is 0 Å². The SMILES string of the molecule is CCOc1ccc(-n2c(SCc3ccc(Br)cc3)nc3sc4c(c3c2=O)CCCC4)cc1. The highest BCUT2D eigenvalue weighted by molar-refractivity contribution is 9.10. The van der Waals surface area contributed by atoms with E-state index in [-0.39, 0.29) is 5.56 Å². The average Bonchev–Trinajstić information content (AvgIpc) is 3.18. The molecule has 0 saturated carbocycles. The third-order valence-corrected chi connectivity index (χ3v) is 8.37. The van der Waals surface area contributed by atoms with Crippen molar-refractivity contribution in [3.05, 3.63) is 79.4 Å². The average molecular weight is 528 g/mol. The number of benzene rings is 2. The van der Waals surface area contributed by atoms with Crippen LogP contribution in [0.4, 0.5) is 0 Å². The van der Waals surface area contributed by atoms with E-state index in [9.17, 15) is 4.79 Å². The van der Waals surface area contributed by atoms with Crippen molar-refractivity contribution in [1.82, 2.24) is 9.55 Å². The number of thiophene rings is 1. The van der Waals surface area contributed by atoms with Gasteiger partial charge in [0.1, 0.15) is 10.6 Å². The number of aromatic nitrogens is 2. The number of ether oxygens (including phenoxy) is 1.